The van der Waals surface area contributed by atoms with Gasteiger partial charge in [0.25, 0.3) is 0 Å². The van der Waals surface area contributed by atoms with Crippen molar-refractivity contribution in [3.63, 3.8) is 0 Å². The lowest BCUT2D eigenvalue weighted by atomic mass is 9.93. The summed E-state index contributed by atoms with van der Waals surface area (Å²) in [6, 6.07) is 17.4. The second kappa shape index (κ2) is 7.45. The molecule has 3 rings (SSSR count). The van der Waals surface area contributed by atoms with Crippen molar-refractivity contribution in [2.75, 3.05) is 0 Å². The molecular weight excluding hydrogens is 318 g/mol. The first-order valence-corrected chi connectivity index (χ1v) is 9.60. The molecule has 3 heteroatoms. The van der Waals surface area contributed by atoms with Gasteiger partial charge in [-0.05, 0) is 25.7 Å². The van der Waals surface area contributed by atoms with E-state index in [-0.39, 0.29) is 0 Å². The molecule has 0 aliphatic carbocycles. The van der Waals surface area contributed by atoms with E-state index >= 15 is 0 Å². The zero-order valence-corrected chi connectivity index (χ0v) is 16.8. The van der Waals surface area contributed by atoms with Gasteiger partial charge in [-0.1, -0.05) is 76.2 Å². The van der Waals surface area contributed by atoms with Crippen LogP contribution in [0, 0.1) is 0 Å². The maximum Gasteiger partial charge on any atom is 0.198 e. The molecular formula is C23H30N3+. The van der Waals surface area contributed by atoms with Crippen LogP contribution in [0.4, 0.5) is 0 Å². The highest BCUT2D eigenvalue weighted by molar-refractivity contribution is 5.57. The maximum atomic E-state index is 4.98. The Bertz CT molecular complexity index is 847. The topological polar surface area (TPSA) is 21.7 Å². The molecule has 0 unspecified atom stereocenters. The van der Waals surface area contributed by atoms with E-state index in [2.05, 4.69) is 106 Å². The Morgan fingerprint density at radius 1 is 0.769 bits per heavy atom. The molecule has 26 heavy (non-hydrogen) atoms. The first kappa shape index (κ1) is 18.4. The highest BCUT2D eigenvalue weighted by Gasteiger charge is 2.26. The lowest BCUT2D eigenvalue weighted by Gasteiger charge is -2.15. The van der Waals surface area contributed by atoms with Gasteiger partial charge >= 0.3 is 0 Å². The van der Waals surface area contributed by atoms with Crippen LogP contribution in [-0.2, 0) is 0 Å². The van der Waals surface area contributed by atoms with Gasteiger partial charge in [-0.25, -0.2) is 0 Å². The molecule has 0 amide bonds. The molecule has 136 valence electrons. The standard InChI is InChI=1S/C23H30N3/c1-16(2)20-13-10-14-21(17(3)4)23(20)25-15-22(26(24-25)18(5)6)19-11-8-7-9-12-19/h7-18H,1-6H3/q+1. The smallest absolute Gasteiger partial charge is 0.127 e. The largest absolute Gasteiger partial charge is 0.198 e. The van der Waals surface area contributed by atoms with Crippen LogP contribution in [0.25, 0.3) is 16.9 Å². The van der Waals surface area contributed by atoms with Crippen LogP contribution in [0.1, 0.15) is 70.5 Å². The molecule has 0 saturated carbocycles. The Labute approximate surface area is 157 Å². The van der Waals surface area contributed by atoms with Gasteiger partial charge in [-0.2, -0.15) is 0 Å². The van der Waals surface area contributed by atoms with E-state index in [9.17, 15) is 0 Å². The summed E-state index contributed by atoms with van der Waals surface area (Å²) in [5, 5.41) is 4.98. The summed E-state index contributed by atoms with van der Waals surface area (Å²) in [6.45, 7) is 13.4. The van der Waals surface area contributed by atoms with Crippen LogP contribution in [0.5, 0.6) is 0 Å². The number of hydrogen-bond acceptors (Lipinski definition) is 1. The number of nitrogens with zero attached hydrogens (tertiary/aromatic N) is 3. The van der Waals surface area contributed by atoms with Crippen molar-refractivity contribution in [3.8, 4) is 16.9 Å². The molecule has 0 radical (unpaired) electrons. The molecule has 0 fully saturated rings. The third-order valence-electron chi connectivity index (χ3n) is 4.81. The molecule has 1 aromatic heterocycles. The monoisotopic (exact) mass is 348 g/mol. The predicted octanol–water partition coefficient (Wildman–Crippen LogP) is 5.65. The van der Waals surface area contributed by atoms with Crippen LogP contribution >= 0.6 is 0 Å². The van der Waals surface area contributed by atoms with Crippen LogP contribution in [0.2, 0.25) is 0 Å². The van der Waals surface area contributed by atoms with Gasteiger partial charge in [0.15, 0.2) is 17.6 Å². The van der Waals surface area contributed by atoms with Crippen LogP contribution in [0.3, 0.4) is 0 Å². The van der Waals surface area contributed by atoms with Crippen molar-refractivity contribution in [2.45, 2.75) is 59.4 Å². The second-order valence-electron chi connectivity index (χ2n) is 7.85. The number of aromatic nitrogens is 3. The van der Waals surface area contributed by atoms with Gasteiger partial charge in [-0.15, -0.1) is 9.36 Å². The molecule has 3 nitrogen and oxygen atoms in total. The normalized spacial score (nSPS) is 11.7. The Kier molecular flexibility index (Phi) is 5.26. The average molecular weight is 349 g/mol. The highest BCUT2D eigenvalue weighted by Crippen LogP contribution is 2.31. The van der Waals surface area contributed by atoms with Gasteiger partial charge in [0.05, 0.1) is 5.21 Å². The zero-order valence-electron chi connectivity index (χ0n) is 16.8. The summed E-state index contributed by atoms with van der Waals surface area (Å²) in [6.07, 6.45) is 2.18. The Balaban J connectivity index is 2.26. The van der Waals surface area contributed by atoms with Crippen molar-refractivity contribution in [2.24, 2.45) is 0 Å². The zero-order chi connectivity index (χ0) is 18.8. The summed E-state index contributed by atoms with van der Waals surface area (Å²) in [7, 11) is 0. The third kappa shape index (κ3) is 3.44. The van der Waals surface area contributed by atoms with Crippen LogP contribution in [0.15, 0.2) is 54.7 Å². The first-order chi connectivity index (χ1) is 12.4. The van der Waals surface area contributed by atoms with Crippen molar-refractivity contribution in [3.05, 3.63) is 65.9 Å². The van der Waals surface area contributed by atoms with Crippen molar-refractivity contribution in [1.82, 2.24) is 9.90 Å². The number of para-hydroxylation sites is 1. The van der Waals surface area contributed by atoms with Gasteiger partial charge in [0, 0.05) is 16.7 Å². The minimum absolute atomic E-state index is 0.292. The summed E-state index contributed by atoms with van der Waals surface area (Å²) in [5.74, 6) is 0.890. The first-order valence-electron chi connectivity index (χ1n) is 9.60. The molecule has 0 saturated heterocycles. The lowest BCUT2D eigenvalue weighted by molar-refractivity contribution is -0.762. The summed E-state index contributed by atoms with van der Waals surface area (Å²) in [5.41, 5.74) is 6.26. The predicted molar refractivity (Wildman–Crippen MR) is 108 cm³/mol. The van der Waals surface area contributed by atoms with Crippen LogP contribution < -0.4 is 4.68 Å². The molecule has 0 N–H and O–H groups in total. The lowest BCUT2D eigenvalue weighted by Crippen LogP contribution is -2.40. The number of rotatable bonds is 5. The molecule has 0 bridgehead atoms. The fourth-order valence-electron chi connectivity index (χ4n) is 3.44. The molecule has 0 atom stereocenters. The SMILES string of the molecule is CC(C)c1cccc(C(C)C)c1-n1cc(-c2ccccc2)[n+](C(C)C)n1. The highest BCUT2D eigenvalue weighted by atomic mass is 15.5. The van der Waals surface area contributed by atoms with E-state index in [1.165, 1.54) is 22.4 Å². The molecule has 2 aromatic carbocycles. The fourth-order valence-corrected chi connectivity index (χ4v) is 3.44. The Hall–Kier alpha value is -2.42. The van der Waals surface area contributed by atoms with Crippen LogP contribution in [-0.4, -0.2) is 9.90 Å². The summed E-state index contributed by atoms with van der Waals surface area (Å²) < 4.78 is 4.21. The summed E-state index contributed by atoms with van der Waals surface area (Å²) in [4.78, 5) is 0. The number of benzene rings is 2. The van der Waals surface area contributed by atoms with Crippen molar-refractivity contribution >= 4 is 0 Å². The quantitative estimate of drug-likeness (QED) is 0.546. The van der Waals surface area contributed by atoms with E-state index < -0.39 is 0 Å². The van der Waals surface area contributed by atoms with Gasteiger partial charge < -0.3 is 0 Å². The molecule has 0 aliphatic rings. The molecule has 1 heterocycles. The molecule has 0 aliphatic heterocycles. The summed E-state index contributed by atoms with van der Waals surface area (Å²) >= 11 is 0. The van der Waals surface area contributed by atoms with E-state index in [0.717, 1.165) is 5.69 Å². The van der Waals surface area contributed by atoms with E-state index in [4.69, 9.17) is 5.21 Å². The Morgan fingerprint density at radius 3 is 1.85 bits per heavy atom. The van der Waals surface area contributed by atoms with Gasteiger partial charge in [-0.3, -0.25) is 0 Å². The van der Waals surface area contributed by atoms with E-state index in [1.54, 1.807) is 0 Å². The minimum Gasteiger partial charge on any atom is -0.127 e. The molecule has 0 spiro atoms. The van der Waals surface area contributed by atoms with Crippen molar-refractivity contribution in [1.29, 1.82) is 0 Å². The third-order valence-corrected chi connectivity index (χ3v) is 4.81. The average Bonchev–Trinajstić information content (AvgIpc) is 3.07. The second-order valence-corrected chi connectivity index (χ2v) is 7.85. The van der Waals surface area contributed by atoms with E-state index in [1.807, 2.05) is 0 Å². The fraction of sp³-hybridized carbons (Fsp3) is 0.391. The van der Waals surface area contributed by atoms with Gasteiger partial charge in [0.2, 0.25) is 0 Å². The Morgan fingerprint density at radius 2 is 1.35 bits per heavy atom. The molecule has 3 aromatic rings. The van der Waals surface area contributed by atoms with E-state index in [0.29, 0.717) is 17.9 Å². The van der Waals surface area contributed by atoms with Crippen molar-refractivity contribution < 1.29 is 4.68 Å². The van der Waals surface area contributed by atoms with Gasteiger partial charge in [0.1, 0.15) is 6.04 Å². The number of hydrogen-bond donors (Lipinski definition) is 0. The minimum atomic E-state index is 0.292. The maximum absolute atomic E-state index is 4.98.